The van der Waals surface area contributed by atoms with E-state index in [9.17, 15) is 13.2 Å². The van der Waals surface area contributed by atoms with Gasteiger partial charge in [-0.3, -0.25) is 0 Å². The van der Waals surface area contributed by atoms with Gasteiger partial charge in [-0.2, -0.15) is 13.2 Å². The summed E-state index contributed by atoms with van der Waals surface area (Å²) < 4.78 is 39.1. The highest BCUT2D eigenvalue weighted by molar-refractivity contribution is 5.66. The summed E-state index contributed by atoms with van der Waals surface area (Å²) in [4.78, 5) is 4.27. The van der Waals surface area contributed by atoms with Gasteiger partial charge in [-0.15, -0.1) is 0 Å². The van der Waals surface area contributed by atoms with Gasteiger partial charge in [0.1, 0.15) is 0 Å². The average Bonchev–Trinajstić information content (AvgIpc) is 2.97. The fraction of sp³-hybridized carbons (Fsp3) is 0.364. The van der Waals surface area contributed by atoms with Crippen molar-refractivity contribution >= 4 is 11.3 Å². The summed E-state index contributed by atoms with van der Waals surface area (Å²) >= 11 is 0. The second-order valence-corrected chi connectivity index (χ2v) is 4.35. The van der Waals surface area contributed by atoms with E-state index in [1.165, 1.54) is 4.40 Å². The first-order valence-electron chi connectivity index (χ1n) is 5.30. The Morgan fingerprint density at radius 1 is 1.29 bits per heavy atom. The molecule has 0 radical (unpaired) electrons. The molecule has 0 bridgehead atoms. The molecule has 90 valence electrons. The Morgan fingerprint density at radius 2 is 2.00 bits per heavy atom. The van der Waals surface area contributed by atoms with Crippen LogP contribution in [-0.2, 0) is 6.18 Å². The molecule has 1 aliphatic rings. The maximum Gasteiger partial charge on any atom is 0.417 e. The third-order valence-corrected chi connectivity index (χ3v) is 2.92. The largest absolute Gasteiger partial charge is 0.417 e. The third-order valence-electron chi connectivity index (χ3n) is 2.92. The molecule has 1 aliphatic carbocycles. The summed E-state index contributed by atoms with van der Waals surface area (Å²) in [5.74, 6) is 0.392. The Morgan fingerprint density at radius 3 is 2.59 bits per heavy atom. The lowest BCUT2D eigenvalue weighted by Gasteiger charge is -2.08. The summed E-state index contributed by atoms with van der Waals surface area (Å²) in [6, 6.07) is 0.930. The van der Waals surface area contributed by atoms with Crippen molar-refractivity contribution < 1.29 is 13.2 Å². The first kappa shape index (κ1) is 10.4. The second-order valence-electron chi connectivity index (χ2n) is 4.35. The topological polar surface area (TPSA) is 43.3 Å². The number of nitrogens with zero attached hydrogens (tertiary/aromatic N) is 2. The number of rotatable bonds is 1. The second kappa shape index (κ2) is 3.15. The first-order valence-corrected chi connectivity index (χ1v) is 5.30. The Kier molecular flexibility index (Phi) is 1.93. The molecule has 0 saturated heterocycles. The van der Waals surface area contributed by atoms with E-state index >= 15 is 0 Å². The molecule has 0 spiro atoms. The van der Waals surface area contributed by atoms with Crippen LogP contribution in [0.4, 0.5) is 18.9 Å². The average molecular weight is 241 g/mol. The molecule has 1 saturated carbocycles. The summed E-state index contributed by atoms with van der Waals surface area (Å²) in [5, 5.41) is 0. The van der Waals surface area contributed by atoms with E-state index in [-0.39, 0.29) is 5.69 Å². The summed E-state index contributed by atoms with van der Waals surface area (Å²) in [7, 11) is 0. The zero-order valence-electron chi connectivity index (χ0n) is 8.83. The fourth-order valence-electron chi connectivity index (χ4n) is 1.87. The fourth-order valence-corrected chi connectivity index (χ4v) is 1.87. The molecule has 0 atom stereocenters. The molecule has 3 rings (SSSR count). The molecular formula is C11H10F3N3. The number of nitrogens with two attached hydrogens (primary N) is 1. The van der Waals surface area contributed by atoms with Gasteiger partial charge in [-0.25, -0.2) is 4.98 Å². The molecule has 2 N–H and O–H groups in total. The smallest absolute Gasteiger partial charge is 0.396 e. The summed E-state index contributed by atoms with van der Waals surface area (Å²) in [5.41, 5.74) is 6.15. The Balaban J connectivity index is 2.18. The molecule has 0 aromatic carbocycles. The predicted octanol–water partition coefficient (Wildman–Crippen LogP) is 2.81. The van der Waals surface area contributed by atoms with Crippen molar-refractivity contribution in [2.24, 2.45) is 0 Å². The minimum absolute atomic E-state index is 0.0618. The van der Waals surface area contributed by atoms with Crippen LogP contribution in [0.3, 0.4) is 0 Å². The Hall–Kier alpha value is -1.72. The maximum atomic E-state index is 12.6. The lowest BCUT2D eigenvalue weighted by molar-refractivity contribution is -0.137. The number of halogens is 3. The van der Waals surface area contributed by atoms with Crippen molar-refractivity contribution in [2.45, 2.75) is 24.9 Å². The predicted molar refractivity (Wildman–Crippen MR) is 56.6 cm³/mol. The molecule has 2 heterocycles. The summed E-state index contributed by atoms with van der Waals surface area (Å²) in [6.07, 6.45) is 0.390. The van der Waals surface area contributed by atoms with E-state index in [0.717, 1.165) is 30.8 Å². The number of hydrogen-bond acceptors (Lipinski definition) is 2. The number of anilines is 1. The van der Waals surface area contributed by atoms with Gasteiger partial charge in [0.05, 0.1) is 16.9 Å². The minimum atomic E-state index is -4.38. The Labute approximate surface area is 95.1 Å². The maximum absolute atomic E-state index is 12.6. The van der Waals surface area contributed by atoms with E-state index in [0.29, 0.717) is 11.6 Å². The molecule has 0 unspecified atom stereocenters. The van der Waals surface area contributed by atoms with Gasteiger partial charge >= 0.3 is 6.18 Å². The monoisotopic (exact) mass is 241 g/mol. The van der Waals surface area contributed by atoms with Crippen LogP contribution in [0.25, 0.3) is 5.65 Å². The quantitative estimate of drug-likeness (QED) is 0.834. The van der Waals surface area contributed by atoms with Crippen molar-refractivity contribution in [2.75, 3.05) is 5.73 Å². The van der Waals surface area contributed by atoms with Crippen LogP contribution < -0.4 is 5.73 Å². The van der Waals surface area contributed by atoms with E-state index in [1.807, 2.05) is 0 Å². The van der Waals surface area contributed by atoms with Crippen LogP contribution >= 0.6 is 0 Å². The number of fused-ring (bicyclic) bond motifs is 1. The van der Waals surface area contributed by atoms with Crippen LogP contribution in [-0.4, -0.2) is 9.38 Å². The van der Waals surface area contributed by atoms with E-state index in [1.54, 1.807) is 6.20 Å². The normalized spacial score (nSPS) is 16.6. The van der Waals surface area contributed by atoms with Gasteiger partial charge < -0.3 is 10.1 Å². The van der Waals surface area contributed by atoms with Crippen molar-refractivity contribution in [3.63, 3.8) is 0 Å². The van der Waals surface area contributed by atoms with Crippen LogP contribution in [0.2, 0.25) is 0 Å². The SMILES string of the molecule is Nc1cc(C(F)(F)F)cn2cc(C3CC3)nc12. The van der Waals surface area contributed by atoms with Crippen LogP contribution in [0.1, 0.15) is 30.0 Å². The number of nitrogen functional groups attached to an aromatic ring is 1. The number of alkyl halides is 3. The molecule has 2 aromatic rings. The highest BCUT2D eigenvalue weighted by atomic mass is 19.4. The van der Waals surface area contributed by atoms with Crippen LogP contribution in [0.15, 0.2) is 18.5 Å². The lowest BCUT2D eigenvalue weighted by atomic mass is 10.2. The molecule has 0 amide bonds. The zero-order chi connectivity index (χ0) is 12.2. The molecule has 2 aromatic heterocycles. The van der Waals surface area contributed by atoms with Gasteiger partial charge in [-0.1, -0.05) is 0 Å². The van der Waals surface area contributed by atoms with Crippen molar-refractivity contribution in [3.8, 4) is 0 Å². The number of hydrogen-bond donors (Lipinski definition) is 1. The molecule has 1 fully saturated rings. The summed E-state index contributed by atoms with van der Waals surface area (Å²) in [6.45, 7) is 0. The minimum Gasteiger partial charge on any atom is -0.396 e. The molecule has 6 heteroatoms. The van der Waals surface area contributed by atoms with Crippen molar-refractivity contribution in [3.05, 3.63) is 29.7 Å². The van der Waals surface area contributed by atoms with Crippen molar-refractivity contribution in [1.82, 2.24) is 9.38 Å². The van der Waals surface area contributed by atoms with E-state index < -0.39 is 11.7 Å². The van der Waals surface area contributed by atoms with Gasteiger partial charge in [0.25, 0.3) is 0 Å². The molecule has 3 nitrogen and oxygen atoms in total. The van der Waals surface area contributed by atoms with E-state index in [2.05, 4.69) is 4.98 Å². The van der Waals surface area contributed by atoms with Crippen LogP contribution in [0.5, 0.6) is 0 Å². The lowest BCUT2D eigenvalue weighted by Crippen LogP contribution is -2.07. The van der Waals surface area contributed by atoms with Gasteiger partial charge in [0.2, 0.25) is 0 Å². The first-order chi connectivity index (χ1) is 7.95. The van der Waals surface area contributed by atoms with Crippen molar-refractivity contribution in [1.29, 1.82) is 0 Å². The van der Waals surface area contributed by atoms with Gasteiger partial charge in [-0.05, 0) is 18.9 Å². The van der Waals surface area contributed by atoms with Crippen LogP contribution in [0, 0.1) is 0 Å². The third kappa shape index (κ3) is 1.73. The Bertz CT molecular complexity index is 581. The number of imidazole rings is 1. The number of pyridine rings is 1. The van der Waals surface area contributed by atoms with E-state index in [4.69, 9.17) is 5.73 Å². The molecule has 17 heavy (non-hydrogen) atoms. The van der Waals surface area contributed by atoms with Gasteiger partial charge in [0, 0.05) is 18.3 Å². The zero-order valence-corrected chi connectivity index (χ0v) is 8.83. The standard InChI is InChI=1S/C11H10F3N3/c12-11(13,14)7-3-8(15)10-16-9(6-1-2-6)5-17(10)4-7/h3-6H,1-2,15H2. The molecule has 0 aliphatic heterocycles. The van der Waals surface area contributed by atoms with Gasteiger partial charge in [0.15, 0.2) is 5.65 Å². The number of aromatic nitrogens is 2. The highest BCUT2D eigenvalue weighted by Gasteiger charge is 2.32. The molecular weight excluding hydrogens is 231 g/mol. The highest BCUT2D eigenvalue weighted by Crippen LogP contribution is 2.40.